The molecule has 3 heteroatoms. The molecule has 3 nitrogen and oxygen atoms in total. The molecule has 3 atom stereocenters. The number of nitrogens with one attached hydrogen (secondary N) is 1. The van der Waals surface area contributed by atoms with E-state index in [1.165, 1.54) is 0 Å². The maximum Gasteiger partial charge on any atom is 0.120 e. The summed E-state index contributed by atoms with van der Waals surface area (Å²) in [7, 11) is 0. The van der Waals surface area contributed by atoms with Crippen LogP contribution in [-0.2, 0) is 6.42 Å². The molecule has 0 aliphatic heterocycles. The lowest BCUT2D eigenvalue weighted by Gasteiger charge is -2.23. The van der Waals surface area contributed by atoms with Crippen LogP contribution in [0.25, 0.3) is 0 Å². The maximum atomic E-state index is 10.2. The molecular formula is C16H21NO2. The van der Waals surface area contributed by atoms with Crippen LogP contribution >= 0.6 is 0 Å². The van der Waals surface area contributed by atoms with Gasteiger partial charge in [-0.15, -0.1) is 0 Å². The van der Waals surface area contributed by atoms with Gasteiger partial charge in [-0.1, -0.05) is 30.3 Å². The summed E-state index contributed by atoms with van der Waals surface area (Å²) in [6, 6.07) is 13.9. The highest BCUT2D eigenvalue weighted by atomic mass is 16.3. The largest absolute Gasteiger partial charge is 0.468 e. The third-order valence-corrected chi connectivity index (χ3v) is 3.35. The molecule has 0 aliphatic rings. The molecule has 0 saturated carbocycles. The molecule has 2 N–H and O–H groups in total. The van der Waals surface area contributed by atoms with Crippen molar-refractivity contribution in [2.45, 2.75) is 38.5 Å². The minimum Gasteiger partial charge on any atom is -0.468 e. The zero-order valence-electron chi connectivity index (χ0n) is 11.4. The normalized spacial score (nSPS) is 15.9. The van der Waals surface area contributed by atoms with Gasteiger partial charge in [0.1, 0.15) is 5.76 Å². The van der Waals surface area contributed by atoms with Gasteiger partial charge in [-0.05, 0) is 38.0 Å². The Balaban J connectivity index is 1.87. The van der Waals surface area contributed by atoms with E-state index in [0.29, 0.717) is 6.42 Å². The lowest BCUT2D eigenvalue weighted by molar-refractivity contribution is 0.127. The molecule has 0 amide bonds. The molecular weight excluding hydrogens is 238 g/mol. The van der Waals surface area contributed by atoms with Gasteiger partial charge >= 0.3 is 0 Å². The Morgan fingerprint density at radius 3 is 2.47 bits per heavy atom. The molecule has 0 saturated heterocycles. The molecule has 102 valence electrons. The van der Waals surface area contributed by atoms with E-state index in [1.807, 2.05) is 56.3 Å². The van der Waals surface area contributed by atoms with Gasteiger partial charge in [0.05, 0.1) is 18.4 Å². The summed E-state index contributed by atoms with van der Waals surface area (Å²) in [6.07, 6.45) is 1.90. The Labute approximate surface area is 114 Å². The quantitative estimate of drug-likeness (QED) is 0.838. The number of rotatable bonds is 6. The van der Waals surface area contributed by atoms with Crippen LogP contribution in [-0.4, -0.2) is 17.3 Å². The van der Waals surface area contributed by atoms with Gasteiger partial charge in [-0.2, -0.15) is 0 Å². The molecule has 0 aliphatic carbocycles. The fraction of sp³-hybridized carbons (Fsp3) is 0.375. The van der Waals surface area contributed by atoms with Crippen molar-refractivity contribution >= 4 is 0 Å². The smallest absolute Gasteiger partial charge is 0.120 e. The first-order chi connectivity index (χ1) is 9.16. The monoisotopic (exact) mass is 259 g/mol. The highest BCUT2D eigenvalue weighted by molar-refractivity contribution is 5.16. The van der Waals surface area contributed by atoms with Crippen LogP contribution in [0.1, 0.15) is 31.2 Å². The highest BCUT2D eigenvalue weighted by Gasteiger charge is 2.18. The molecule has 1 aromatic heterocycles. The van der Waals surface area contributed by atoms with E-state index in [9.17, 15) is 5.11 Å². The third-order valence-electron chi connectivity index (χ3n) is 3.35. The summed E-state index contributed by atoms with van der Waals surface area (Å²) in [6.45, 7) is 4.03. The minimum absolute atomic E-state index is 0.000283. The van der Waals surface area contributed by atoms with Crippen molar-refractivity contribution in [3.8, 4) is 0 Å². The molecule has 0 unspecified atom stereocenters. The Hall–Kier alpha value is -1.58. The van der Waals surface area contributed by atoms with Crippen LogP contribution in [0.3, 0.4) is 0 Å². The van der Waals surface area contributed by atoms with Crippen molar-refractivity contribution in [3.63, 3.8) is 0 Å². The summed E-state index contributed by atoms with van der Waals surface area (Å²) in [5.41, 5.74) is 1.15. The van der Waals surface area contributed by atoms with Crippen LogP contribution in [0, 0.1) is 0 Å². The zero-order chi connectivity index (χ0) is 13.7. The van der Waals surface area contributed by atoms with Gasteiger partial charge in [0, 0.05) is 6.04 Å². The molecule has 0 fully saturated rings. The number of aliphatic hydroxyl groups is 1. The maximum absolute atomic E-state index is 10.2. The van der Waals surface area contributed by atoms with E-state index in [-0.39, 0.29) is 12.1 Å². The van der Waals surface area contributed by atoms with Crippen molar-refractivity contribution in [1.29, 1.82) is 0 Å². The van der Waals surface area contributed by atoms with Crippen molar-refractivity contribution in [2.75, 3.05) is 0 Å². The van der Waals surface area contributed by atoms with E-state index < -0.39 is 6.10 Å². The van der Waals surface area contributed by atoms with Crippen molar-refractivity contribution in [3.05, 3.63) is 60.1 Å². The van der Waals surface area contributed by atoms with Gasteiger partial charge in [0.25, 0.3) is 0 Å². The van der Waals surface area contributed by atoms with E-state index in [1.54, 1.807) is 6.26 Å². The fourth-order valence-electron chi connectivity index (χ4n) is 2.16. The van der Waals surface area contributed by atoms with Gasteiger partial charge < -0.3 is 14.8 Å². The first kappa shape index (κ1) is 13.8. The summed E-state index contributed by atoms with van der Waals surface area (Å²) in [5, 5.41) is 13.6. The molecule has 1 aromatic carbocycles. The van der Waals surface area contributed by atoms with Crippen LogP contribution in [0.4, 0.5) is 0 Å². The van der Waals surface area contributed by atoms with E-state index in [2.05, 4.69) is 5.32 Å². The Kier molecular flexibility index (Phi) is 4.77. The number of hydrogen-bond acceptors (Lipinski definition) is 3. The van der Waals surface area contributed by atoms with Gasteiger partial charge in [-0.3, -0.25) is 0 Å². The number of aliphatic hydroxyl groups excluding tert-OH is 1. The van der Waals surface area contributed by atoms with Crippen LogP contribution in [0.2, 0.25) is 0 Å². The Morgan fingerprint density at radius 1 is 1.11 bits per heavy atom. The molecule has 1 heterocycles. The molecule has 19 heavy (non-hydrogen) atoms. The average Bonchev–Trinajstić information content (AvgIpc) is 2.93. The second-order valence-electron chi connectivity index (χ2n) is 4.95. The summed E-state index contributed by atoms with van der Waals surface area (Å²) < 4.78 is 5.35. The topological polar surface area (TPSA) is 45.4 Å². The van der Waals surface area contributed by atoms with Gasteiger partial charge in [0.15, 0.2) is 0 Å². The van der Waals surface area contributed by atoms with Gasteiger partial charge in [0.2, 0.25) is 0 Å². The second-order valence-corrected chi connectivity index (χ2v) is 4.95. The number of hydrogen-bond donors (Lipinski definition) is 2. The fourth-order valence-corrected chi connectivity index (χ4v) is 2.16. The minimum atomic E-state index is -0.417. The van der Waals surface area contributed by atoms with Crippen molar-refractivity contribution in [2.24, 2.45) is 0 Å². The SMILES string of the molecule is C[C@H](N[C@@H](C)[C@H](O)Cc1ccccc1)c1ccco1. The van der Waals surface area contributed by atoms with E-state index >= 15 is 0 Å². The summed E-state index contributed by atoms with van der Waals surface area (Å²) >= 11 is 0. The van der Waals surface area contributed by atoms with Crippen LogP contribution in [0.5, 0.6) is 0 Å². The molecule has 0 bridgehead atoms. The standard InChI is InChI=1S/C16H21NO2/c1-12(17-13(2)16-9-6-10-19-16)15(18)11-14-7-4-3-5-8-14/h3-10,12-13,15,17-18H,11H2,1-2H3/t12-,13-,15+/m0/s1. The predicted octanol–water partition coefficient (Wildman–Crippen LogP) is 2.92. The Bertz CT molecular complexity index is 467. The zero-order valence-corrected chi connectivity index (χ0v) is 11.4. The highest BCUT2D eigenvalue weighted by Crippen LogP contribution is 2.15. The first-order valence-electron chi connectivity index (χ1n) is 6.68. The Morgan fingerprint density at radius 2 is 1.84 bits per heavy atom. The molecule has 2 rings (SSSR count). The van der Waals surface area contributed by atoms with Crippen LogP contribution in [0.15, 0.2) is 53.1 Å². The lowest BCUT2D eigenvalue weighted by Crippen LogP contribution is -2.39. The van der Waals surface area contributed by atoms with Crippen LogP contribution < -0.4 is 5.32 Å². The third kappa shape index (κ3) is 3.94. The second kappa shape index (κ2) is 6.55. The summed E-state index contributed by atoms with van der Waals surface area (Å²) in [5.74, 6) is 0.888. The molecule has 0 radical (unpaired) electrons. The lowest BCUT2D eigenvalue weighted by atomic mass is 10.0. The summed E-state index contributed by atoms with van der Waals surface area (Å²) in [4.78, 5) is 0. The average molecular weight is 259 g/mol. The van der Waals surface area contributed by atoms with E-state index in [0.717, 1.165) is 11.3 Å². The number of furan rings is 1. The van der Waals surface area contributed by atoms with E-state index in [4.69, 9.17) is 4.42 Å². The van der Waals surface area contributed by atoms with Gasteiger partial charge in [-0.25, -0.2) is 0 Å². The number of benzene rings is 1. The molecule has 2 aromatic rings. The molecule has 0 spiro atoms. The van der Waals surface area contributed by atoms with Crippen molar-refractivity contribution in [1.82, 2.24) is 5.32 Å². The first-order valence-corrected chi connectivity index (χ1v) is 6.68. The van der Waals surface area contributed by atoms with Crippen molar-refractivity contribution < 1.29 is 9.52 Å². The predicted molar refractivity (Wildman–Crippen MR) is 75.9 cm³/mol.